The standard InChI is InChI=1S/C22H20ClF2N3O4/c1-13-27-21(32-12-16-6-7-17(24)8-18(16)25)20(23)22(31)28(13)10-15-4-2-14(3-5-15)9-26-19(30)11-29/h2-8,29H,9-12H2,1H3,(H,26,30). The van der Waals surface area contributed by atoms with Gasteiger partial charge in [0.15, 0.2) is 5.02 Å². The average Bonchev–Trinajstić information content (AvgIpc) is 2.78. The summed E-state index contributed by atoms with van der Waals surface area (Å²) >= 11 is 6.14. The first kappa shape index (κ1) is 23.4. The molecule has 2 aromatic carbocycles. The van der Waals surface area contributed by atoms with Crippen molar-refractivity contribution in [3.05, 3.63) is 92.0 Å². The van der Waals surface area contributed by atoms with Crippen LogP contribution in [0.1, 0.15) is 22.5 Å². The number of hydrogen-bond donors (Lipinski definition) is 2. The Bertz CT molecular complexity index is 1180. The molecular formula is C22H20ClF2N3O4. The SMILES string of the molecule is Cc1nc(OCc2ccc(F)cc2F)c(Cl)c(=O)n1Cc1ccc(CNC(=O)CO)cc1. The van der Waals surface area contributed by atoms with Crippen molar-refractivity contribution in [2.24, 2.45) is 0 Å². The highest BCUT2D eigenvalue weighted by molar-refractivity contribution is 6.31. The molecule has 0 atom stereocenters. The molecule has 0 bridgehead atoms. The Kier molecular flexibility index (Phi) is 7.55. The highest BCUT2D eigenvalue weighted by Gasteiger charge is 2.16. The second-order valence-electron chi connectivity index (χ2n) is 6.95. The van der Waals surface area contributed by atoms with Crippen LogP contribution in [0.3, 0.4) is 0 Å². The van der Waals surface area contributed by atoms with Crippen LogP contribution in [0.2, 0.25) is 5.02 Å². The third-order valence-electron chi connectivity index (χ3n) is 4.65. The van der Waals surface area contributed by atoms with E-state index in [1.165, 1.54) is 10.6 Å². The maximum Gasteiger partial charge on any atom is 0.276 e. The minimum atomic E-state index is -0.773. The molecule has 0 aliphatic carbocycles. The topological polar surface area (TPSA) is 93.5 Å². The van der Waals surface area contributed by atoms with Crippen LogP contribution < -0.4 is 15.6 Å². The molecule has 0 fully saturated rings. The van der Waals surface area contributed by atoms with Crippen molar-refractivity contribution in [2.75, 3.05) is 6.61 Å². The van der Waals surface area contributed by atoms with Gasteiger partial charge in [-0.15, -0.1) is 0 Å². The number of aryl methyl sites for hydroxylation is 1. The molecule has 3 rings (SSSR count). The molecular weight excluding hydrogens is 444 g/mol. The number of aliphatic hydroxyl groups excluding tert-OH is 1. The van der Waals surface area contributed by atoms with Gasteiger partial charge in [-0.05, 0) is 30.2 Å². The summed E-state index contributed by atoms with van der Waals surface area (Å²) in [7, 11) is 0. The van der Waals surface area contributed by atoms with Crippen molar-refractivity contribution in [3.63, 3.8) is 0 Å². The molecule has 10 heteroatoms. The largest absolute Gasteiger partial charge is 0.471 e. The van der Waals surface area contributed by atoms with E-state index in [9.17, 15) is 18.4 Å². The zero-order chi connectivity index (χ0) is 23.3. The van der Waals surface area contributed by atoms with Gasteiger partial charge in [0.2, 0.25) is 11.8 Å². The molecule has 7 nitrogen and oxygen atoms in total. The van der Waals surface area contributed by atoms with Crippen LogP contribution in [0.4, 0.5) is 8.78 Å². The van der Waals surface area contributed by atoms with Crippen molar-refractivity contribution in [3.8, 4) is 5.88 Å². The van der Waals surface area contributed by atoms with E-state index in [2.05, 4.69) is 10.3 Å². The second-order valence-corrected chi connectivity index (χ2v) is 7.32. The van der Waals surface area contributed by atoms with E-state index in [-0.39, 0.29) is 36.2 Å². The molecule has 32 heavy (non-hydrogen) atoms. The zero-order valence-corrected chi connectivity index (χ0v) is 17.8. The lowest BCUT2D eigenvalue weighted by molar-refractivity contribution is -0.123. The van der Waals surface area contributed by atoms with E-state index in [0.29, 0.717) is 5.82 Å². The van der Waals surface area contributed by atoms with Crippen molar-refractivity contribution in [1.29, 1.82) is 0 Å². The van der Waals surface area contributed by atoms with Crippen LogP contribution in [0.25, 0.3) is 0 Å². The van der Waals surface area contributed by atoms with Crippen molar-refractivity contribution >= 4 is 17.5 Å². The van der Waals surface area contributed by atoms with Gasteiger partial charge in [-0.3, -0.25) is 14.2 Å². The van der Waals surface area contributed by atoms with E-state index in [4.69, 9.17) is 21.4 Å². The van der Waals surface area contributed by atoms with Crippen LogP contribution in [0, 0.1) is 18.6 Å². The Balaban J connectivity index is 1.72. The van der Waals surface area contributed by atoms with Gasteiger partial charge < -0.3 is 15.2 Å². The average molecular weight is 464 g/mol. The Labute approximate surface area is 187 Å². The quantitative estimate of drug-likeness (QED) is 0.536. The van der Waals surface area contributed by atoms with E-state index >= 15 is 0 Å². The van der Waals surface area contributed by atoms with Gasteiger partial charge in [0.05, 0.1) is 6.54 Å². The number of carbonyl (C=O) groups is 1. The van der Waals surface area contributed by atoms with Crippen molar-refractivity contribution in [1.82, 2.24) is 14.9 Å². The molecule has 0 unspecified atom stereocenters. The first-order valence-electron chi connectivity index (χ1n) is 9.57. The summed E-state index contributed by atoms with van der Waals surface area (Å²) in [4.78, 5) is 28.1. The summed E-state index contributed by atoms with van der Waals surface area (Å²) in [6, 6.07) is 10.2. The summed E-state index contributed by atoms with van der Waals surface area (Å²) in [6.07, 6.45) is 0. The normalized spacial score (nSPS) is 10.8. The maximum absolute atomic E-state index is 13.8. The second kappa shape index (κ2) is 10.3. The number of nitrogens with one attached hydrogen (secondary N) is 1. The third-order valence-corrected chi connectivity index (χ3v) is 4.97. The molecule has 0 radical (unpaired) electrons. The molecule has 3 aromatic rings. The number of halogens is 3. The Morgan fingerprint density at radius 2 is 1.88 bits per heavy atom. The molecule has 0 aliphatic rings. The molecule has 168 valence electrons. The van der Waals surface area contributed by atoms with E-state index in [1.807, 2.05) is 0 Å². The van der Waals surface area contributed by atoms with Gasteiger partial charge in [-0.25, -0.2) is 8.78 Å². The molecule has 0 saturated heterocycles. The summed E-state index contributed by atoms with van der Waals surface area (Å²) in [6.45, 7) is 1.24. The van der Waals surface area contributed by atoms with Gasteiger partial charge in [-0.2, -0.15) is 4.98 Å². The van der Waals surface area contributed by atoms with E-state index in [1.54, 1.807) is 31.2 Å². The fraction of sp³-hybridized carbons (Fsp3) is 0.227. The highest BCUT2D eigenvalue weighted by Crippen LogP contribution is 2.21. The lowest BCUT2D eigenvalue weighted by atomic mass is 10.1. The van der Waals surface area contributed by atoms with Gasteiger partial charge in [0.25, 0.3) is 5.56 Å². The number of carbonyl (C=O) groups excluding carboxylic acids is 1. The predicted molar refractivity (Wildman–Crippen MR) is 113 cm³/mol. The number of hydrogen-bond acceptors (Lipinski definition) is 5. The van der Waals surface area contributed by atoms with Crippen LogP contribution in [0.15, 0.2) is 47.3 Å². The number of aliphatic hydroxyl groups is 1. The minimum Gasteiger partial charge on any atom is -0.471 e. The maximum atomic E-state index is 13.8. The number of ether oxygens (including phenoxy) is 1. The van der Waals surface area contributed by atoms with Gasteiger partial charge in [-0.1, -0.05) is 35.9 Å². The summed E-state index contributed by atoms with van der Waals surface area (Å²) < 4.78 is 33.6. The molecule has 2 N–H and O–H groups in total. The molecule has 1 heterocycles. The Morgan fingerprint density at radius 1 is 1.19 bits per heavy atom. The fourth-order valence-corrected chi connectivity index (χ4v) is 3.08. The van der Waals surface area contributed by atoms with Crippen LogP contribution in [-0.2, 0) is 24.5 Å². The smallest absolute Gasteiger partial charge is 0.276 e. The lowest BCUT2D eigenvalue weighted by Crippen LogP contribution is -2.26. The van der Waals surface area contributed by atoms with Gasteiger partial charge >= 0.3 is 0 Å². The van der Waals surface area contributed by atoms with Crippen LogP contribution in [0.5, 0.6) is 5.88 Å². The van der Waals surface area contributed by atoms with E-state index < -0.39 is 29.7 Å². The van der Waals surface area contributed by atoms with Crippen molar-refractivity contribution in [2.45, 2.75) is 26.6 Å². The molecule has 0 spiro atoms. The Morgan fingerprint density at radius 3 is 2.53 bits per heavy atom. The molecule has 1 amide bonds. The molecule has 1 aromatic heterocycles. The van der Waals surface area contributed by atoms with Crippen LogP contribution in [-0.4, -0.2) is 27.2 Å². The third kappa shape index (κ3) is 5.68. The zero-order valence-electron chi connectivity index (χ0n) is 17.1. The summed E-state index contributed by atoms with van der Waals surface area (Å²) in [5, 5.41) is 11.0. The number of rotatable bonds is 8. The first-order chi connectivity index (χ1) is 15.3. The molecule has 0 saturated carbocycles. The molecule has 0 aliphatic heterocycles. The number of nitrogens with zero attached hydrogens (tertiary/aromatic N) is 2. The van der Waals surface area contributed by atoms with Gasteiger partial charge in [0, 0.05) is 18.2 Å². The first-order valence-corrected chi connectivity index (χ1v) is 9.95. The van der Waals surface area contributed by atoms with E-state index in [0.717, 1.165) is 23.3 Å². The Hall–Kier alpha value is -3.30. The lowest BCUT2D eigenvalue weighted by Gasteiger charge is -2.14. The van der Waals surface area contributed by atoms with Crippen LogP contribution >= 0.6 is 11.6 Å². The predicted octanol–water partition coefficient (Wildman–Crippen LogP) is 2.72. The summed E-state index contributed by atoms with van der Waals surface area (Å²) in [5.41, 5.74) is 1.20. The minimum absolute atomic E-state index is 0.0985. The number of aromatic nitrogens is 2. The van der Waals surface area contributed by atoms with Gasteiger partial charge in [0.1, 0.15) is 30.7 Å². The summed E-state index contributed by atoms with van der Waals surface area (Å²) in [5.74, 6) is -1.74. The van der Waals surface area contributed by atoms with Crippen molar-refractivity contribution < 1.29 is 23.4 Å². The monoisotopic (exact) mass is 463 g/mol. The number of amides is 1. The fourth-order valence-electron chi connectivity index (χ4n) is 2.88. The number of benzene rings is 2. The highest BCUT2D eigenvalue weighted by atomic mass is 35.5.